The highest BCUT2D eigenvalue weighted by atomic mass is 35.5. The van der Waals surface area contributed by atoms with Gasteiger partial charge in [0.2, 0.25) is 5.91 Å². The third kappa shape index (κ3) is 2.72. The molecular formula is C14H17ClN2O3. The number of hydrogen-bond donors (Lipinski definition) is 2. The Balaban J connectivity index is 2.43. The number of anilines is 1. The van der Waals surface area contributed by atoms with Crippen LogP contribution >= 0.6 is 11.6 Å². The lowest BCUT2D eigenvalue weighted by Gasteiger charge is -2.39. The number of carboxylic acids is 1. The third-order valence-electron chi connectivity index (χ3n) is 3.79. The van der Waals surface area contributed by atoms with Gasteiger partial charge < -0.3 is 15.7 Å². The summed E-state index contributed by atoms with van der Waals surface area (Å²) in [6.07, 6.45) is 1.50. The zero-order valence-corrected chi connectivity index (χ0v) is 11.9. The Bertz CT molecular complexity index is 547. The van der Waals surface area contributed by atoms with E-state index in [9.17, 15) is 14.7 Å². The first kappa shape index (κ1) is 14.7. The van der Waals surface area contributed by atoms with E-state index in [2.05, 4.69) is 0 Å². The van der Waals surface area contributed by atoms with Gasteiger partial charge in [0.1, 0.15) is 0 Å². The van der Waals surface area contributed by atoms with E-state index in [0.29, 0.717) is 17.3 Å². The number of primary amides is 1. The number of nitrogens with two attached hydrogens (primary N) is 1. The number of carboxylic acid groups (broad SMARTS) is 1. The van der Waals surface area contributed by atoms with Gasteiger partial charge in [-0.05, 0) is 31.9 Å². The zero-order valence-electron chi connectivity index (χ0n) is 11.2. The first-order valence-corrected chi connectivity index (χ1v) is 6.87. The molecule has 1 aliphatic rings. The molecule has 1 amide bonds. The molecular weight excluding hydrogens is 280 g/mol. The Morgan fingerprint density at radius 1 is 1.40 bits per heavy atom. The van der Waals surface area contributed by atoms with Crippen molar-refractivity contribution < 1.29 is 14.7 Å². The number of halogens is 1. The molecule has 0 bridgehead atoms. The minimum atomic E-state index is -1.03. The van der Waals surface area contributed by atoms with Crippen LogP contribution in [0.1, 0.15) is 30.1 Å². The van der Waals surface area contributed by atoms with Crippen molar-refractivity contribution in [3.8, 4) is 0 Å². The van der Waals surface area contributed by atoms with Gasteiger partial charge in [-0.3, -0.25) is 4.79 Å². The Morgan fingerprint density at radius 2 is 2.10 bits per heavy atom. The number of rotatable bonds is 3. The van der Waals surface area contributed by atoms with Crippen molar-refractivity contribution in [2.45, 2.75) is 25.8 Å². The van der Waals surface area contributed by atoms with Gasteiger partial charge in [-0.25, -0.2) is 4.79 Å². The Labute approximate surface area is 122 Å². The standard InChI is InChI=1S/C14H17ClN2O3/c1-8-5-6-9(13(16)18)7-17(8)12-10(14(19)20)3-2-4-11(12)15/h2-4,8-9H,5-7H2,1H3,(H2,16,18)(H,19,20). The van der Waals surface area contributed by atoms with Crippen LogP contribution in [0.3, 0.4) is 0 Å². The Morgan fingerprint density at radius 3 is 2.70 bits per heavy atom. The van der Waals surface area contributed by atoms with Gasteiger partial charge in [0.15, 0.2) is 0 Å². The van der Waals surface area contributed by atoms with Crippen molar-refractivity contribution in [2.75, 3.05) is 11.4 Å². The SMILES string of the molecule is CC1CCC(C(N)=O)CN1c1c(Cl)cccc1C(=O)O. The molecule has 6 heteroatoms. The summed E-state index contributed by atoms with van der Waals surface area (Å²) in [6, 6.07) is 4.90. The number of hydrogen-bond acceptors (Lipinski definition) is 3. The highest BCUT2D eigenvalue weighted by Gasteiger charge is 2.31. The van der Waals surface area contributed by atoms with Crippen LogP contribution in [-0.4, -0.2) is 29.6 Å². The van der Waals surface area contributed by atoms with Gasteiger partial charge in [-0.1, -0.05) is 17.7 Å². The second-order valence-corrected chi connectivity index (χ2v) is 5.53. The van der Waals surface area contributed by atoms with Gasteiger partial charge in [0, 0.05) is 12.6 Å². The van der Waals surface area contributed by atoms with E-state index < -0.39 is 5.97 Å². The Kier molecular flexibility index (Phi) is 4.18. The van der Waals surface area contributed by atoms with Crippen molar-refractivity contribution in [3.63, 3.8) is 0 Å². The number of piperidine rings is 1. The van der Waals surface area contributed by atoms with E-state index in [1.165, 1.54) is 6.07 Å². The second-order valence-electron chi connectivity index (χ2n) is 5.12. The van der Waals surface area contributed by atoms with Crippen LogP contribution in [0.25, 0.3) is 0 Å². The molecule has 1 aliphatic heterocycles. The van der Waals surface area contributed by atoms with Crippen LogP contribution in [0.2, 0.25) is 5.02 Å². The molecule has 108 valence electrons. The van der Waals surface area contributed by atoms with E-state index >= 15 is 0 Å². The molecule has 2 atom stereocenters. The molecule has 0 aliphatic carbocycles. The van der Waals surface area contributed by atoms with Crippen molar-refractivity contribution in [3.05, 3.63) is 28.8 Å². The molecule has 1 aromatic rings. The number of nitrogens with zero attached hydrogens (tertiary/aromatic N) is 1. The predicted molar refractivity (Wildman–Crippen MR) is 77.1 cm³/mol. The summed E-state index contributed by atoms with van der Waals surface area (Å²) in [5.41, 5.74) is 5.99. The first-order valence-electron chi connectivity index (χ1n) is 6.49. The van der Waals surface area contributed by atoms with Gasteiger partial charge in [0.05, 0.1) is 22.2 Å². The Hall–Kier alpha value is -1.75. The van der Waals surface area contributed by atoms with E-state index in [1.807, 2.05) is 11.8 Å². The van der Waals surface area contributed by atoms with E-state index in [1.54, 1.807) is 12.1 Å². The maximum Gasteiger partial charge on any atom is 0.337 e. The molecule has 1 saturated heterocycles. The van der Waals surface area contributed by atoms with Gasteiger partial charge in [-0.15, -0.1) is 0 Å². The van der Waals surface area contributed by atoms with Crippen LogP contribution < -0.4 is 10.6 Å². The molecule has 3 N–H and O–H groups in total. The smallest absolute Gasteiger partial charge is 0.337 e. The number of aromatic carboxylic acids is 1. The minimum Gasteiger partial charge on any atom is -0.478 e. The molecule has 1 heterocycles. The van der Waals surface area contributed by atoms with Crippen LogP contribution in [0.15, 0.2) is 18.2 Å². The van der Waals surface area contributed by atoms with E-state index in [-0.39, 0.29) is 23.4 Å². The van der Waals surface area contributed by atoms with Crippen molar-refractivity contribution >= 4 is 29.2 Å². The molecule has 1 fully saturated rings. The fourth-order valence-corrected chi connectivity index (χ4v) is 2.91. The largest absolute Gasteiger partial charge is 0.478 e. The summed E-state index contributed by atoms with van der Waals surface area (Å²) in [4.78, 5) is 24.6. The number of benzene rings is 1. The summed E-state index contributed by atoms with van der Waals surface area (Å²) in [5.74, 6) is -1.66. The lowest BCUT2D eigenvalue weighted by atomic mass is 9.92. The average molecular weight is 297 g/mol. The average Bonchev–Trinajstić information content (AvgIpc) is 2.39. The first-order chi connectivity index (χ1) is 9.41. The molecule has 2 rings (SSSR count). The van der Waals surface area contributed by atoms with Crippen molar-refractivity contribution in [1.29, 1.82) is 0 Å². The molecule has 1 aromatic carbocycles. The molecule has 0 radical (unpaired) electrons. The van der Waals surface area contributed by atoms with Crippen LogP contribution in [-0.2, 0) is 4.79 Å². The lowest BCUT2D eigenvalue weighted by Crippen LogP contribution is -2.46. The van der Waals surface area contributed by atoms with Crippen molar-refractivity contribution in [2.24, 2.45) is 11.7 Å². The fraction of sp³-hybridized carbons (Fsp3) is 0.429. The van der Waals surface area contributed by atoms with Gasteiger partial charge in [0.25, 0.3) is 0 Å². The molecule has 20 heavy (non-hydrogen) atoms. The third-order valence-corrected chi connectivity index (χ3v) is 4.09. The van der Waals surface area contributed by atoms with Gasteiger partial charge >= 0.3 is 5.97 Å². The molecule has 5 nitrogen and oxygen atoms in total. The minimum absolute atomic E-state index is 0.114. The van der Waals surface area contributed by atoms with Crippen LogP contribution in [0.4, 0.5) is 5.69 Å². The lowest BCUT2D eigenvalue weighted by molar-refractivity contribution is -0.122. The summed E-state index contributed by atoms with van der Waals surface area (Å²) in [7, 11) is 0. The fourth-order valence-electron chi connectivity index (χ4n) is 2.63. The molecule has 2 unspecified atom stereocenters. The molecule has 0 spiro atoms. The second kappa shape index (κ2) is 5.71. The maximum absolute atomic E-state index is 11.4. The number of para-hydroxylation sites is 1. The van der Waals surface area contributed by atoms with Crippen molar-refractivity contribution in [1.82, 2.24) is 0 Å². The monoisotopic (exact) mass is 296 g/mol. The summed E-state index contributed by atoms with van der Waals surface area (Å²) < 4.78 is 0. The molecule has 0 saturated carbocycles. The topological polar surface area (TPSA) is 83.6 Å². The molecule has 0 aromatic heterocycles. The van der Waals surface area contributed by atoms with Gasteiger partial charge in [-0.2, -0.15) is 0 Å². The quantitative estimate of drug-likeness (QED) is 0.895. The maximum atomic E-state index is 11.4. The summed E-state index contributed by atoms with van der Waals surface area (Å²) in [6.45, 7) is 2.40. The highest BCUT2D eigenvalue weighted by molar-refractivity contribution is 6.34. The van der Waals surface area contributed by atoms with Crippen LogP contribution in [0, 0.1) is 5.92 Å². The van der Waals surface area contributed by atoms with Crippen LogP contribution in [0.5, 0.6) is 0 Å². The number of amides is 1. The summed E-state index contributed by atoms with van der Waals surface area (Å²) >= 11 is 6.18. The zero-order chi connectivity index (χ0) is 14.9. The number of carbonyl (C=O) groups is 2. The summed E-state index contributed by atoms with van der Waals surface area (Å²) in [5, 5.41) is 9.68. The normalized spacial score (nSPS) is 22.6. The van der Waals surface area contributed by atoms with E-state index in [0.717, 1.165) is 12.8 Å². The highest BCUT2D eigenvalue weighted by Crippen LogP contribution is 2.35. The van der Waals surface area contributed by atoms with E-state index in [4.69, 9.17) is 17.3 Å². The number of carbonyl (C=O) groups excluding carboxylic acids is 1. The predicted octanol–water partition coefficient (Wildman–Crippen LogP) is 2.13.